The van der Waals surface area contributed by atoms with Crippen molar-refractivity contribution < 1.29 is 4.79 Å². The van der Waals surface area contributed by atoms with Crippen LogP contribution in [0.2, 0.25) is 0 Å². The molecule has 0 aliphatic heterocycles. The molecule has 0 atom stereocenters. The minimum atomic E-state index is 0.0409. The van der Waals surface area contributed by atoms with Crippen molar-refractivity contribution in [2.45, 2.75) is 13.8 Å². The first-order valence-corrected chi connectivity index (χ1v) is 4.59. The summed E-state index contributed by atoms with van der Waals surface area (Å²) in [5.74, 6) is 0.0409. The molecule has 1 rings (SSSR count). The number of nitrogens with zero attached hydrogens (tertiary/aromatic N) is 1. The Balaban J connectivity index is 2.89. The highest BCUT2D eigenvalue weighted by molar-refractivity contribution is 5.91. The van der Waals surface area contributed by atoms with Gasteiger partial charge >= 0.3 is 0 Å². The number of para-hydroxylation sites is 1. The molecular formula is C12H15NO. The maximum Gasteiger partial charge on any atom is 0.224 e. The topological polar surface area (TPSA) is 20.3 Å². The molecule has 0 aliphatic carbocycles. The number of hydrogen-bond acceptors (Lipinski definition) is 1. The number of carbonyl (C=O) groups excluding carboxylic acids is 1. The molecule has 0 saturated carbocycles. The fourth-order valence-electron chi connectivity index (χ4n) is 1.26. The van der Waals surface area contributed by atoms with Gasteiger partial charge in [0.05, 0.1) is 0 Å². The lowest BCUT2D eigenvalue weighted by Gasteiger charge is -2.20. The Morgan fingerprint density at radius 3 is 2.29 bits per heavy atom. The van der Waals surface area contributed by atoms with Crippen molar-refractivity contribution in [3.63, 3.8) is 0 Å². The standard InChI is InChI=1S/C12H15NO/c1-10(2)9-13(11(3)14)12-7-5-4-6-8-12/h4-8H,1,9H2,2-3H3. The van der Waals surface area contributed by atoms with Gasteiger partial charge in [0.15, 0.2) is 0 Å². The minimum Gasteiger partial charge on any atom is -0.309 e. The molecule has 0 heterocycles. The lowest BCUT2D eigenvalue weighted by Crippen LogP contribution is -2.29. The Morgan fingerprint density at radius 2 is 1.86 bits per heavy atom. The molecule has 14 heavy (non-hydrogen) atoms. The largest absolute Gasteiger partial charge is 0.309 e. The summed E-state index contributed by atoms with van der Waals surface area (Å²) in [6.45, 7) is 7.87. The highest BCUT2D eigenvalue weighted by Gasteiger charge is 2.09. The molecule has 1 aromatic rings. The summed E-state index contributed by atoms with van der Waals surface area (Å²) >= 11 is 0. The van der Waals surface area contributed by atoms with E-state index in [4.69, 9.17) is 0 Å². The number of hydrogen-bond donors (Lipinski definition) is 0. The van der Waals surface area contributed by atoms with Crippen LogP contribution in [0.5, 0.6) is 0 Å². The molecule has 0 spiro atoms. The van der Waals surface area contributed by atoms with Crippen LogP contribution in [-0.2, 0) is 4.79 Å². The van der Waals surface area contributed by atoms with Crippen molar-refractivity contribution >= 4 is 11.6 Å². The first-order valence-electron chi connectivity index (χ1n) is 4.59. The molecule has 74 valence electrons. The molecule has 0 fully saturated rings. The summed E-state index contributed by atoms with van der Waals surface area (Å²) in [4.78, 5) is 13.1. The smallest absolute Gasteiger partial charge is 0.224 e. The van der Waals surface area contributed by atoms with Crippen LogP contribution in [0.1, 0.15) is 13.8 Å². The summed E-state index contributed by atoms with van der Waals surface area (Å²) in [5.41, 5.74) is 1.90. The van der Waals surface area contributed by atoms with Crippen molar-refractivity contribution in [1.29, 1.82) is 0 Å². The second kappa shape index (κ2) is 4.61. The van der Waals surface area contributed by atoms with E-state index < -0.39 is 0 Å². The van der Waals surface area contributed by atoms with E-state index in [0.717, 1.165) is 11.3 Å². The molecule has 1 aromatic carbocycles. The fourth-order valence-corrected chi connectivity index (χ4v) is 1.26. The van der Waals surface area contributed by atoms with Crippen LogP contribution in [0.15, 0.2) is 42.5 Å². The molecular weight excluding hydrogens is 174 g/mol. The van der Waals surface area contributed by atoms with Gasteiger partial charge in [0.1, 0.15) is 0 Å². The third-order valence-electron chi connectivity index (χ3n) is 1.88. The van der Waals surface area contributed by atoms with Crippen molar-refractivity contribution in [3.8, 4) is 0 Å². The van der Waals surface area contributed by atoms with Gasteiger partial charge in [0.2, 0.25) is 5.91 Å². The normalized spacial score (nSPS) is 9.57. The average molecular weight is 189 g/mol. The Bertz CT molecular complexity index is 329. The van der Waals surface area contributed by atoms with Gasteiger partial charge in [-0.25, -0.2) is 0 Å². The van der Waals surface area contributed by atoms with Gasteiger partial charge in [-0.15, -0.1) is 0 Å². The summed E-state index contributed by atoms with van der Waals surface area (Å²) < 4.78 is 0. The van der Waals surface area contributed by atoms with Gasteiger partial charge in [-0.2, -0.15) is 0 Å². The van der Waals surface area contributed by atoms with E-state index in [-0.39, 0.29) is 5.91 Å². The molecule has 0 aliphatic rings. The first kappa shape index (κ1) is 10.5. The Morgan fingerprint density at radius 1 is 1.29 bits per heavy atom. The predicted molar refractivity (Wildman–Crippen MR) is 59.3 cm³/mol. The van der Waals surface area contributed by atoms with E-state index in [1.165, 1.54) is 0 Å². The van der Waals surface area contributed by atoms with Crippen LogP contribution in [-0.4, -0.2) is 12.5 Å². The zero-order valence-corrected chi connectivity index (χ0v) is 8.66. The third kappa shape index (κ3) is 2.73. The maximum atomic E-state index is 11.4. The average Bonchev–Trinajstić information content (AvgIpc) is 2.15. The van der Waals surface area contributed by atoms with E-state index in [0.29, 0.717) is 6.54 Å². The summed E-state index contributed by atoms with van der Waals surface area (Å²) in [6, 6.07) is 9.62. The fraction of sp³-hybridized carbons (Fsp3) is 0.250. The molecule has 2 nitrogen and oxygen atoms in total. The summed E-state index contributed by atoms with van der Waals surface area (Å²) in [5, 5.41) is 0. The maximum absolute atomic E-state index is 11.4. The lowest BCUT2D eigenvalue weighted by molar-refractivity contribution is -0.116. The van der Waals surface area contributed by atoms with Crippen molar-refractivity contribution in [1.82, 2.24) is 0 Å². The van der Waals surface area contributed by atoms with E-state index in [1.807, 2.05) is 37.3 Å². The van der Waals surface area contributed by atoms with Gasteiger partial charge in [-0.3, -0.25) is 4.79 Å². The van der Waals surface area contributed by atoms with Crippen LogP contribution in [0.4, 0.5) is 5.69 Å². The first-order chi connectivity index (χ1) is 6.61. The minimum absolute atomic E-state index is 0.0409. The van der Waals surface area contributed by atoms with Gasteiger partial charge in [0.25, 0.3) is 0 Å². The van der Waals surface area contributed by atoms with Gasteiger partial charge < -0.3 is 4.90 Å². The molecule has 0 bridgehead atoms. The number of rotatable bonds is 3. The molecule has 0 radical (unpaired) electrons. The van der Waals surface area contributed by atoms with Crippen LogP contribution >= 0.6 is 0 Å². The monoisotopic (exact) mass is 189 g/mol. The highest BCUT2D eigenvalue weighted by atomic mass is 16.2. The Labute approximate surface area is 84.9 Å². The molecule has 2 heteroatoms. The van der Waals surface area contributed by atoms with Gasteiger partial charge in [-0.1, -0.05) is 30.4 Å². The summed E-state index contributed by atoms with van der Waals surface area (Å²) in [7, 11) is 0. The SMILES string of the molecule is C=C(C)CN(C(C)=O)c1ccccc1. The zero-order chi connectivity index (χ0) is 10.6. The van der Waals surface area contributed by atoms with Crippen molar-refractivity contribution in [2.24, 2.45) is 0 Å². The zero-order valence-electron chi connectivity index (χ0n) is 8.66. The molecule has 0 N–H and O–H groups in total. The molecule has 0 unspecified atom stereocenters. The van der Waals surface area contributed by atoms with E-state index in [2.05, 4.69) is 6.58 Å². The summed E-state index contributed by atoms with van der Waals surface area (Å²) in [6.07, 6.45) is 0. The third-order valence-corrected chi connectivity index (χ3v) is 1.88. The van der Waals surface area contributed by atoms with Crippen LogP contribution in [0.3, 0.4) is 0 Å². The number of carbonyl (C=O) groups is 1. The second-order valence-corrected chi connectivity index (χ2v) is 3.40. The van der Waals surface area contributed by atoms with Crippen LogP contribution in [0, 0.1) is 0 Å². The van der Waals surface area contributed by atoms with Crippen LogP contribution in [0.25, 0.3) is 0 Å². The lowest BCUT2D eigenvalue weighted by atomic mass is 10.2. The van der Waals surface area contributed by atoms with Crippen molar-refractivity contribution in [3.05, 3.63) is 42.5 Å². The number of benzene rings is 1. The van der Waals surface area contributed by atoms with E-state index >= 15 is 0 Å². The second-order valence-electron chi connectivity index (χ2n) is 3.40. The number of amides is 1. The van der Waals surface area contributed by atoms with Gasteiger partial charge in [0, 0.05) is 19.2 Å². The molecule has 1 amide bonds. The van der Waals surface area contributed by atoms with Gasteiger partial charge in [-0.05, 0) is 19.1 Å². The Hall–Kier alpha value is -1.57. The quantitative estimate of drug-likeness (QED) is 0.669. The molecule has 0 saturated heterocycles. The van der Waals surface area contributed by atoms with Crippen molar-refractivity contribution in [2.75, 3.05) is 11.4 Å². The van der Waals surface area contributed by atoms with E-state index in [9.17, 15) is 4.79 Å². The van der Waals surface area contributed by atoms with E-state index in [1.54, 1.807) is 11.8 Å². The number of anilines is 1. The highest BCUT2D eigenvalue weighted by Crippen LogP contribution is 2.14. The molecule has 0 aromatic heterocycles. The Kier molecular flexibility index (Phi) is 3.46. The predicted octanol–water partition coefficient (Wildman–Crippen LogP) is 2.62. The van der Waals surface area contributed by atoms with Crippen LogP contribution < -0.4 is 4.90 Å².